The third-order valence-corrected chi connectivity index (χ3v) is 4.65. The van der Waals surface area contributed by atoms with Gasteiger partial charge in [-0.05, 0) is 44.2 Å². The molecule has 2 aliphatic rings. The molecule has 17 heavy (non-hydrogen) atoms. The second-order valence-electron chi connectivity index (χ2n) is 5.87. The Morgan fingerprint density at radius 1 is 1.12 bits per heavy atom. The van der Waals surface area contributed by atoms with Crippen molar-refractivity contribution in [1.82, 2.24) is 4.90 Å². The molecular formula is C13H25N3O. The van der Waals surface area contributed by atoms with E-state index in [0.717, 1.165) is 13.1 Å². The van der Waals surface area contributed by atoms with Crippen LogP contribution in [0.4, 0.5) is 0 Å². The minimum absolute atomic E-state index is 0.386. The SMILES string of the molecule is NC(=O)C(N)CN1CCC2(CCCCC2)CC1. The van der Waals surface area contributed by atoms with Gasteiger partial charge in [-0.25, -0.2) is 0 Å². The number of likely N-dealkylation sites (tertiary alicyclic amines) is 1. The summed E-state index contributed by atoms with van der Waals surface area (Å²) >= 11 is 0. The summed E-state index contributed by atoms with van der Waals surface area (Å²) in [6.45, 7) is 2.80. The lowest BCUT2D eigenvalue weighted by atomic mass is 9.68. The summed E-state index contributed by atoms with van der Waals surface area (Å²) in [5, 5.41) is 0. The molecule has 0 aromatic heterocycles. The molecule has 98 valence electrons. The van der Waals surface area contributed by atoms with Crippen molar-refractivity contribution in [2.45, 2.75) is 51.0 Å². The first kappa shape index (κ1) is 12.8. The van der Waals surface area contributed by atoms with Crippen LogP contribution in [0.5, 0.6) is 0 Å². The average molecular weight is 239 g/mol. The first-order valence-electron chi connectivity index (χ1n) is 6.89. The van der Waals surface area contributed by atoms with E-state index in [2.05, 4.69) is 4.90 Å². The van der Waals surface area contributed by atoms with Gasteiger partial charge in [0.25, 0.3) is 0 Å². The third-order valence-electron chi connectivity index (χ3n) is 4.65. The van der Waals surface area contributed by atoms with Gasteiger partial charge in [-0.15, -0.1) is 0 Å². The highest BCUT2D eigenvalue weighted by Gasteiger charge is 2.35. The molecule has 1 saturated heterocycles. The number of hydrogen-bond donors (Lipinski definition) is 2. The van der Waals surface area contributed by atoms with Crippen LogP contribution in [0.25, 0.3) is 0 Å². The summed E-state index contributed by atoms with van der Waals surface area (Å²) in [6.07, 6.45) is 9.59. The molecule has 1 atom stereocenters. The molecule has 0 aromatic carbocycles. The van der Waals surface area contributed by atoms with E-state index in [1.54, 1.807) is 0 Å². The minimum Gasteiger partial charge on any atom is -0.368 e. The maximum absolute atomic E-state index is 10.9. The monoisotopic (exact) mass is 239 g/mol. The lowest BCUT2D eigenvalue weighted by molar-refractivity contribution is -0.119. The molecule has 1 saturated carbocycles. The second kappa shape index (κ2) is 5.36. The number of amides is 1. The van der Waals surface area contributed by atoms with Gasteiger partial charge in [0, 0.05) is 6.54 Å². The predicted octanol–water partition coefficient (Wildman–Crippen LogP) is 0.845. The maximum atomic E-state index is 10.9. The highest BCUT2D eigenvalue weighted by Crippen LogP contribution is 2.44. The fourth-order valence-corrected chi connectivity index (χ4v) is 3.38. The van der Waals surface area contributed by atoms with Gasteiger partial charge in [0.2, 0.25) is 5.91 Å². The van der Waals surface area contributed by atoms with Gasteiger partial charge in [-0.1, -0.05) is 19.3 Å². The van der Waals surface area contributed by atoms with Gasteiger partial charge < -0.3 is 16.4 Å². The molecule has 1 spiro atoms. The van der Waals surface area contributed by atoms with Crippen molar-refractivity contribution in [3.63, 3.8) is 0 Å². The number of rotatable bonds is 3. The number of hydrogen-bond acceptors (Lipinski definition) is 3. The van der Waals surface area contributed by atoms with Crippen molar-refractivity contribution in [2.24, 2.45) is 16.9 Å². The molecule has 1 aliphatic carbocycles. The highest BCUT2D eigenvalue weighted by molar-refractivity contribution is 5.79. The third kappa shape index (κ3) is 3.19. The Kier molecular flexibility index (Phi) is 4.05. The molecule has 2 rings (SSSR count). The fourth-order valence-electron chi connectivity index (χ4n) is 3.38. The van der Waals surface area contributed by atoms with Crippen LogP contribution >= 0.6 is 0 Å². The highest BCUT2D eigenvalue weighted by atomic mass is 16.1. The summed E-state index contributed by atoms with van der Waals surface area (Å²) < 4.78 is 0. The smallest absolute Gasteiger partial charge is 0.235 e. The quantitative estimate of drug-likeness (QED) is 0.766. The predicted molar refractivity (Wildman–Crippen MR) is 68.4 cm³/mol. The van der Waals surface area contributed by atoms with E-state index in [4.69, 9.17) is 11.5 Å². The summed E-state index contributed by atoms with van der Waals surface area (Å²) in [6, 6.07) is -0.504. The number of piperidine rings is 1. The van der Waals surface area contributed by atoms with Crippen LogP contribution in [0.1, 0.15) is 44.9 Å². The van der Waals surface area contributed by atoms with Crippen LogP contribution in [0.2, 0.25) is 0 Å². The van der Waals surface area contributed by atoms with Crippen molar-refractivity contribution >= 4 is 5.91 Å². The van der Waals surface area contributed by atoms with E-state index in [9.17, 15) is 4.79 Å². The first-order valence-corrected chi connectivity index (χ1v) is 6.89. The molecule has 1 amide bonds. The Morgan fingerprint density at radius 3 is 2.24 bits per heavy atom. The van der Waals surface area contributed by atoms with Gasteiger partial charge in [-0.2, -0.15) is 0 Å². The molecule has 4 heteroatoms. The second-order valence-corrected chi connectivity index (χ2v) is 5.87. The number of nitrogens with two attached hydrogens (primary N) is 2. The molecule has 0 radical (unpaired) electrons. The van der Waals surface area contributed by atoms with E-state index < -0.39 is 6.04 Å². The van der Waals surface area contributed by atoms with Gasteiger partial charge >= 0.3 is 0 Å². The van der Waals surface area contributed by atoms with Crippen LogP contribution in [0, 0.1) is 5.41 Å². The van der Waals surface area contributed by atoms with Crippen LogP contribution in [-0.4, -0.2) is 36.5 Å². The molecule has 2 fully saturated rings. The summed E-state index contributed by atoms with van der Waals surface area (Å²) in [7, 11) is 0. The Hall–Kier alpha value is -0.610. The average Bonchev–Trinajstić information content (AvgIpc) is 2.33. The van der Waals surface area contributed by atoms with Crippen molar-refractivity contribution in [2.75, 3.05) is 19.6 Å². The largest absolute Gasteiger partial charge is 0.368 e. The number of carbonyl (C=O) groups is 1. The van der Waals surface area contributed by atoms with Gasteiger partial charge in [0.15, 0.2) is 0 Å². The van der Waals surface area contributed by atoms with E-state index in [1.807, 2.05) is 0 Å². The van der Waals surface area contributed by atoms with E-state index in [0.29, 0.717) is 12.0 Å². The first-order chi connectivity index (χ1) is 8.11. The molecule has 4 N–H and O–H groups in total. The zero-order valence-corrected chi connectivity index (χ0v) is 10.7. The molecule has 0 bridgehead atoms. The van der Waals surface area contributed by atoms with E-state index in [1.165, 1.54) is 44.9 Å². The molecular weight excluding hydrogens is 214 g/mol. The Labute approximate surface area is 104 Å². The standard InChI is InChI=1S/C13H25N3O/c14-11(12(15)17)10-16-8-6-13(7-9-16)4-2-1-3-5-13/h11H,1-10,14H2,(H2,15,17). The fraction of sp³-hybridized carbons (Fsp3) is 0.923. The number of carbonyl (C=O) groups excluding carboxylic acids is 1. The van der Waals surface area contributed by atoms with Crippen molar-refractivity contribution < 1.29 is 4.79 Å². The van der Waals surface area contributed by atoms with Crippen LogP contribution in [-0.2, 0) is 4.79 Å². The zero-order valence-electron chi connectivity index (χ0n) is 10.7. The Balaban J connectivity index is 1.79. The van der Waals surface area contributed by atoms with Crippen molar-refractivity contribution in [3.05, 3.63) is 0 Å². The molecule has 0 aromatic rings. The molecule has 4 nitrogen and oxygen atoms in total. The van der Waals surface area contributed by atoms with Crippen LogP contribution in [0.15, 0.2) is 0 Å². The van der Waals surface area contributed by atoms with E-state index in [-0.39, 0.29) is 5.91 Å². The van der Waals surface area contributed by atoms with E-state index >= 15 is 0 Å². The maximum Gasteiger partial charge on any atom is 0.235 e. The number of primary amides is 1. The molecule has 1 aliphatic heterocycles. The minimum atomic E-state index is -0.504. The Bertz CT molecular complexity index is 264. The Morgan fingerprint density at radius 2 is 1.71 bits per heavy atom. The lowest BCUT2D eigenvalue weighted by Gasteiger charge is -2.44. The van der Waals surface area contributed by atoms with Crippen LogP contribution in [0.3, 0.4) is 0 Å². The summed E-state index contributed by atoms with van der Waals surface area (Å²) in [5.41, 5.74) is 11.5. The van der Waals surface area contributed by atoms with Gasteiger partial charge in [-0.3, -0.25) is 4.79 Å². The van der Waals surface area contributed by atoms with Crippen molar-refractivity contribution in [1.29, 1.82) is 0 Å². The lowest BCUT2D eigenvalue weighted by Crippen LogP contribution is -2.49. The topological polar surface area (TPSA) is 72.3 Å². The molecule has 1 unspecified atom stereocenters. The van der Waals surface area contributed by atoms with Crippen LogP contribution < -0.4 is 11.5 Å². The van der Waals surface area contributed by atoms with Crippen molar-refractivity contribution in [3.8, 4) is 0 Å². The summed E-state index contributed by atoms with van der Waals surface area (Å²) in [5.74, 6) is -0.386. The van der Waals surface area contributed by atoms with Gasteiger partial charge in [0.1, 0.15) is 0 Å². The summed E-state index contributed by atoms with van der Waals surface area (Å²) in [4.78, 5) is 13.2. The zero-order chi connectivity index (χ0) is 12.3. The number of nitrogens with zero attached hydrogens (tertiary/aromatic N) is 1. The van der Waals surface area contributed by atoms with Gasteiger partial charge in [0.05, 0.1) is 6.04 Å². The molecule has 1 heterocycles. The normalized spacial score (nSPS) is 26.9.